The molecule has 0 saturated carbocycles. The first-order chi connectivity index (χ1) is 6.19. The topological polar surface area (TPSA) is 46.5 Å². The van der Waals surface area contributed by atoms with Crippen LogP contribution in [-0.4, -0.2) is 18.5 Å². The van der Waals surface area contributed by atoms with Crippen molar-refractivity contribution in [3.8, 4) is 11.5 Å². The second kappa shape index (κ2) is 4.28. The molecule has 0 aromatic heterocycles. The molecule has 4 heteroatoms. The Morgan fingerprint density at radius 1 is 1.62 bits per heavy atom. The molecule has 1 aromatic rings. The van der Waals surface area contributed by atoms with Gasteiger partial charge in [0, 0.05) is 10.9 Å². The molecule has 0 saturated heterocycles. The highest BCUT2D eigenvalue weighted by molar-refractivity contribution is 9.10. The lowest BCUT2D eigenvalue weighted by molar-refractivity contribution is -0.107. The zero-order valence-corrected chi connectivity index (χ0v) is 8.67. The van der Waals surface area contributed by atoms with Crippen molar-refractivity contribution in [2.75, 3.05) is 7.11 Å². The molecule has 3 nitrogen and oxygen atoms in total. The first-order valence-electron chi connectivity index (χ1n) is 3.68. The Kier molecular flexibility index (Phi) is 3.31. The van der Waals surface area contributed by atoms with E-state index in [-0.39, 0.29) is 5.75 Å². The Hall–Kier alpha value is -1.03. The van der Waals surface area contributed by atoms with E-state index in [1.165, 1.54) is 13.2 Å². The molecule has 0 bridgehead atoms. The standard InChI is InChI=1S/C9H9BrO3/c1-13-9-4-6(2-3-11)7(10)5-8(9)12/h3-5,12H,2H2,1H3. The van der Waals surface area contributed by atoms with Crippen LogP contribution >= 0.6 is 15.9 Å². The summed E-state index contributed by atoms with van der Waals surface area (Å²) < 4.78 is 5.61. The molecule has 0 aliphatic rings. The van der Waals surface area contributed by atoms with Gasteiger partial charge in [-0.25, -0.2) is 0 Å². The van der Waals surface area contributed by atoms with Gasteiger partial charge >= 0.3 is 0 Å². The molecule has 0 fully saturated rings. The average molecular weight is 245 g/mol. The van der Waals surface area contributed by atoms with E-state index < -0.39 is 0 Å². The van der Waals surface area contributed by atoms with E-state index in [4.69, 9.17) is 4.74 Å². The van der Waals surface area contributed by atoms with Gasteiger partial charge in [0.25, 0.3) is 0 Å². The van der Waals surface area contributed by atoms with Crippen LogP contribution < -0.4 is 4.74 Å². The smallest absolute Gasteiger partial charge is 0.160 e. The van der Waals surface area contributed by atoms with Crippen LogP contribution in [0.5, 0.6) is 11.5 Å². The normalized spacial score (nSPS) is 9.69. The predicted octanol–water partition coefficient (Wildman–Crippen LogP) is 1.90. The molecule has 0 radical (unpaired) electrons. The molecule has 1 rings (SSSR count). The number of carbonyl (C=O) groups excluding carboxylic acids is 1. The number of phenolic OH excluding ortho intramolecular Hbond substituents is 1. The van der Waals surface area contributed by atoms with Gasteiger partial charge in [0.15, 0.2) is 11.5 Å². The Morgan fingerprint density at radius 3 is 2.85 bits per heavy atom. The van der Waals surface area contributed by atoms with Crippen LogP contribution in [0.15, 0.2) is 16.6 Å². The Morgan fingerprint density at radius 2 is 2.31 bits per heavy atom. The van der Waals surface area contributed by atoms with E-state index in [1.807, 2.05) is 0 Å². The highest BCUT2D eigenvalue weighted by atomic mass is 79.9. The summed E-state index contributed by atoms with van der Waals surface area (Å²) in [5.74, 6) is 0.434. The lowest BCUT2D eigenvalue weighted by atomic mass is 10.1. The summed E-state index contributed by atoms with van der Waals surface area (Å²) in [5, 5.41) is 9.34. The summed E-state index contributed by atoms with van der Waals surface area (Å²) in [6.45, 7) is 0. The maximum absolute atomic E-state index is 10.3. The van der Waals surface area contributed by atoms with Crippen molar-refractivity contribution in [2.45, 2.75) is 6.42 Å². The number of carbonyl (C=O) groups is 1. The van der Waals surface area contributed by atoms with Gasteiger partial charge in [-0.2, -0.15) is 0 Å². The third-order valence-corrected chi connectivity index (χ3v) is 2.39. The number of hydrogen-bond acceptors (Lipinski definition) is 3. The van der Waals surface area contributed by atoms with Crippen LogP contribution in [0.4, 0.5) is 0 Å². The van der Waals surface area contributed by atoms with Gasteiger partial charge in [-0.05, 0) is 17.7 Å². The third kappa shape index (κ3) is 2.21. The molecular formula is C9H9BrO3. The van der Waals surface area contributed by atoms with E-state index in [0.717, 1.165) is 11.8 Å². The molecule has 1 N–H and O–H groups in total. The highest BCUT2D eigenvalue weighted by Gasteiger charge is 2.06. The quantitative estimate of drug-likeness (QED) is 0.827. The fourth-order valence-electron chi connectivity index (χ4n) is 0.995. The second-order valence-corrected chi connectivity index (χ2v) is 3.34. The van der Waals surface area contributed by atoms with E-state index in [2.05, 4.69) is 15.9 Å². The fraction of sp³-hybridized carbons (Fsp3) is 0.222. The van der Waals surface area contributed by atoms with Crippen molar-refractivity contribution in [1.29, 1.82) is 0 Å². The minimum Gasteiger partial charge on any atom is -0.504 e. The van der Waals surface area contributed by atoms with E-state index in [9.17, 15) is 9.90 Å². The van der Waals surface area contributed by atoms with Gasteiger partial charge in [0.2, 0.25) is 0 Å². The zero-order valence-electron chi connectivity index (χ0n) is 7.08. The van der Waals surface area contributed by atoms with Gasteiger partial charge < -0.3 is 14.6 Å². The summed E-state index contributed by atoms with van der Waals surface area (Å²) in [7, 11) is 1.47. The number of rotatable bonds is 3. The first kappa shape index (κ1) is 10.1. The van der Waals surface area contributed by atoms with Crippen LogP contribution in [0.2, 0.25) is 0 Å². The maximum atomic E-state index is 10.3. The highest BCUT2D eigenvalue weighted by Crippen LogP contribution is 2.32. The summed E-state index contributed by atoms with van der Waals surface area (Å²) >= 11 is 3.24. The van der Waals surface area contributed by atoms with Gasteiger partial charge in [0.1, 0.15) is 6.29 Å². The first-order valence-corrected chi connectivity index (χ1v) is 4.47. The van der Waals surface area contributed by atoms with E-state index in [1.54, 1.807) is 6.07 Å². The van der Waals surface area contributed by atoms with Gasteiger partial charge in [-0.3, -0.25) is 0 Å². The third-order valence-electron chi connectivity index (χ3n) is 1.65. The minimum atomic E-state index is 0.0593. The van der Waals surface area contributed by atoms with Crippen LogP contribution in [0.1, 0.15) is 5.56 Å². The van der Waals surface area contributed by atoms with Crippen molar-refractivity contribution in [3.63, 3.8) is 0 Å². The van der Waals surface area contributed by atoms with Crippen molar-refractivity contribution in [1.82, 2.24) is 0 Å². The van der Waals surface area contributed by atoms with Gasteiger partial charge in [-0.15, -0.1) is 0 Å². The van der Waals surface area contributed by atoms with Crippen molar-refractivity contribution >= 4 is 22.2 Å². The molecule has 0 aliphatic carbocycles. The molecule has 0 atom stereocenters. The molecule has 0 heterocycles. The van der Waals surface area contributed by atoms with Gasteiger partial charge in [0.05, 0.1) is 7.11 Å². The maximum Gasteiger partial charge on any atom is 0.160 e. The van der Waals surface area contributed by atoms with Crippen molar-refractivity contribution in [2.24, 2.45) is 0 Å². The number of phenols is 1. The lowest BCUT2D eigenvalue weighted by Gasteiger charge is -2.06. The molecule has 0 spiro atoms. The van der Waals surface area contributed by atoms with Crippen LogP contribution in [0.25, 0.3) is 0 Å². The molecule has 0 amide bonds. The number of halogens is 1. The van der Waals surface area contributed by atoms with Gasteiger partial charge in [-0.1, -0.05) is 15.9 Å². The summed E-state index contributed by atoms with van der Waals surface area (Å²) in [4.78, 5) is 10.3. The number of benzene rings is 1. The van der Waals surface area contributed by atoms with Crippen LogP contribution in [0.3, 0.4) is 0 Å². The zero-order chi connectivity index (χ0) is 9.84. The summed E-state index contributed by atoms with van der Waals surface area (Å²) in [5.41, 5.74) is 0.796. The monoisotopic (exact) mass is 244 g/mol. The van der Waals surface area contributed by atoms with Crippen molar-refractivity contribution in [3.05, 3.63) is 22.2 Å². The predicted molar refractivity (Wildman–Crippen MR) is 52.1 cm³/mol. The van der Waals surface area contributed by atoms with E-state index in [0.29, 0.717) is 16.6 Å². The Bertz CT molecular complexity index is 323. The number of aldehydes is 1. The molecule has 70 valence electrons. The number of methoxy groups -OCH3 is 1. The minimum absolute atomic E-state index is 0.0593. The van der Waals surface area contributed by atoms with E-state index >= 15 is 0 Å². The second-order valence-electron chi connectivity index (χ2n) is 2.49. The fourth-order valence-corrected chi connectivity index (χ4v) is 1.49. The number of aromatic hydroxyl groups is 1. The summed E-state index contributed by atoms with van der Waals surface area (Å²) in [6, 6.07) is 3.14. The van der Waals surface area contributed by atoms with Crippen LogP contribution in [0, 0.1) is 0 Å². The molecule has 1 aromatic carbocycles. The Balaban J connectivity index is 3.13. The van der Waals surface area contributed by atoms with Crippen molar-refractivity contribution < 1.29 is 14.6 Å². The number of ether oxygens (including phenoxy) is 1. The number of hydrogen-bond donors (Lipinski definition) is 1. The molecule has 0 unspecified atom stereocenters. The molecular weight excluding hydrogens is 236 g/mol. The summed E-state index contributed by atoms with van der Waals surface area (Å²) in [6.07, 6.45) is 1.10. The SMILES string of the molecule is COc1cc(CC=O)c(Br)cc1O. The largest absolute Gasteiger partial charge is 0.504 e. The molecule has 13 heavy (non-hydrogen) atoms. The Labute approximate surface area is 84.5 Å². The molecule has 0 aliphatic heterocycles. The lowest BCUT2D eigenvalue weighted by Crippen LogP contribution is -1.91. The average Bonchev–Trinajstić information content (AvgIpc) is 2.10. The van der Waals surface area contributed by atoms with Crippen LogP contribution in [-0.2, 0) is 11.2 Å².